The summed E-state index contributed by atoms with van der Waals surface area (Å²) in [5, 5.41) is 21.7. The van der Waals surface area contributed by atoms with E-state index in [0.29, 0.717) is 77.5 Å². The lowest BCUT2D eigenvalue weighted by Crippen LogP contribution is -2.46. The molecular weight excluding hydrogens is 921 g/mol. The molecule has 0 aromatic heterocycles. The van der Waals surface area contributed by atoms with Gasteiger partial charge >= 0.3 is 17.6 Å². The summed E-state index contributed by atoms with van der Waals surface area (Å²) >= 11 is 0. The Labute approximate surface area is 373 Å². The summed E-state index contributed by atoms with van der Waals surface area (Å²) in [6.07, 6.45) is -0.224. The third kappa shape index (κ3) is 21.9. The minimum atomic E-state index is -4.13. The number of aliphatic hydroxyl groups is 2. The van der Waals surface area contributed by atoms with Crippen LogP contribution in [0.25, 0.3) is 0 Å². The Morgan fingerprint density at radius 2 is 1.07 bits per heavy atom. The molecule has 61 heavy (non-hydrogen) atoms. The van der Waals surface area contributed by atoms with Gasteiger partial charge in [-0.05, 0) is 87.3 Å². The summed E-state index contributed by atoms with van der Waals surface area (Å²) < 4.78 is 103. The third-order valence-corrected chi connectivity index (χ3v) is 23.0. The number of rotatable bonds is 34. The molecule has 0 saturated carbocycles. The molecule has 2 rings (SSSR count). The van der Waals surface area contributed by atoms with Crippen LogP contribution in [0.1, 0.15) is 50.7 Å². The minimum absolute atomic E-state index is 0.0165. The van der Waals surface area contributed by atoms with E-state index in [1.165, 1.54) is 14.2 Å². The lowest BCUT2D eigenvalue weighted by molar-refractivity contribution is 0.0674. The zero-order valence-corrected chi connectivity index (χ0v) is 45.8. The predicted molar refractivity (Wildman–Crippen MR) is 247 cm³/mol. The fourth-order valence-electron chi connectivity index (χ4n) is 6.75. The zero-order valence-electron chi connectivity index (χ0n) is 36.7. The lowest BCUT2D eigenvalue weighted by atomic mass is 9.78. The van der Waals surface area contributed by atoms with Crippen molar-refractivity contribution in [3.05, 3.63) is 59.7 Å². The Balaban J connectivity index is 1.97. The maximum absolute atomic E-state index is 11.3. The van der Waals surface area contributed by atoms with Gasteiger partial charge in [0.15, 0.2) is 0 Å². The van der Waals surface area contributed by atoms with Gasteiger partial charge in [-0.25, -0.2) is 0 Å². The molecule has 0 heterocycles. The molecule has 2 unspecified atom stereocenters. The molecule has 0 fully saturated rings. The fourth-order valence-corrected chi connectivity index (χ4v) is 18.7. The van der Waals surface area contributed by atoms with Gasteiger partial charge in [0.2, 0.25) is 0 Å². The molecule has 0 saturated heterocycles. The standard InChI is InChI=1S/C36H70N2O16S2Si5/c1-36(2,30-10-14-34(15-11-30)50-28-32(39)26-37(18-6-22-55(41,42)43)20-8-24-60(47,48-3)49-4)31-12-16-35(17-13-31)51-29-33(40)27-38(19-7-23-56(44,45)46)21-9-25-61(52-57,53-58)54-59-5/h10-17,32-33,39-40,47H,6-9,18-29,59H2,1-5,57-58H3,(H,41,42,43)(H,44,45,46). The number of aliphatic hydroxyl groups excluding tert-OH is 2. The smallest absolute Gasteiger partial charge is 0.491 e. The minimum Gasteiger partial charge on any atom is -0.491 e. The van der Waals surface area contributed by atoms with Gasteiger partial charge in [-0.15, -0.1) is 0 Å². The van der Waals surface area contributed by atoms with Crippen molar-refractivity contribution in [2.24, 2.45) is 0 Å². The Bertz CT molecular complexity index is 1740. The maximum atomic E-state index is 11.3. The van der Waals surface area contributed by atoms with E-state index in [4.69, 9.17) is 35.2 Å². The Morgan fingerprint density at radius 1 is 0.689 bits per heavy atom. The molecule has 0 aliphatic carbocycles. The van der Waals surface area contributed by atoms with Gasteiger partial charge in [-0.1, -0.05) is 44.7 Å². The van der Waals surface area contributed by atoms with Gasteiger partial charge in [0.1, 0.15) is 67.7 Å². The van der Waals surface area contributed by atoms with Crippen LogP contribution in [0.3, 0.4) is 0 Å². The number of nitrogens with zero attached hydrogens (tertiary/aromatic N) is 2. The predicted octanol–water partition coefficient (Wildman–Crippen LogP) is -0.663. The van der Waals surface area contributed by atoms with E-state index in [1.54, 1.807) is 0 Å². The average Bonchev–Trinajstić information content (AvgIpc) is 3.21. The molecule has 5 N–H and O–H groups in total. The van der Waals surface area contributed by atoms with Crippen molar-refractivity contribution in [1.82, 2.24) is 9.80 Å². The zero-order chi connectivity index (χ0) is 45.7. The van der Waals surface area contributed by atoms with Crippen molar-refractivity contribution in [3.63, 3.8) is 0 Å². The molecule has 0 radical (unpaired) electrons. The molecule has 0 aliphatic heterocycles. The van der Waals surface area contributed by atoms with E-state index in [-0.39, 0.29) is 50.9 Å². The third-order valence-electron chi connectivity index (χ3n) is 10.3. The van der Waals surface area contributed by atoms with Crippen LogP contribution in [-0.2, 0) is 46.8 Å². The van der Waals surface area contributed by atoms with Gasteiger partial charge in [0.25, 0.3) is 20.2 Å². The SMILES string of the molecule is CO[Si](O)(CCCN(CCCS(=O)(=O)O)CC(O)COc1ccc(C(C)(C)c2ccc(OCC(O)CN(CCC[Si](O[SiH3])(O[SiH3])O[SiH2]C)CCCS(=O)(=O)O)cc2)cc1)OC. The van der Waals surface area contributed by atoms with Gasteiger partial charge < -0.3 is 55.5 Å². The lowest BCUT2D eigenvalue weighted by Gasteiger charge is -2.30. The van der Waals surface area contributed by atoms with Crippen molar-refractivity contribution in [3.8, 4) is 11.5 Å². The van der Waals surface area contributed by atoms with Crippen LogP contribution in [0.15, 0.2) is 48.5 Å². The molecule has 0 bridgehead atoms. The first-order chi connectivity index (χ1) is 28.6. The van der Waals surface area contributed by atoms with Crippen molar-refractivity contribution in [1.29, 1.82) is 0 Å². The highest BCUT2D eigenvalue weighted by Gasteiger charge is 2.36. The molecule has 0 aliphatic rings. The van der Waals surface area contributed by atoms with Crippen LogP contribution in [0.2, 0.25) is 18.6 Å². The molecule has 2 aromatic carbocycles. The van der Waals surface area contributed by atoms with Crippen LogP contribution in [0.4, 0.5) is 0 Å². The first-order valence-electron chi connectivity index (χ1n) is 20.4. The largest absolute Gasteiger partial charge is 0.497 e. The molecular formula is C36H70N2O16S2Si5. The first kappa shape index (κ1) is 55.7. The van der Waals surface area contributed by atoms with Crippen LogP contribution in [0, 0.1) is 0 Å². The van der Waals surface area contributed by atoms with Crippen molar-refractivity contribution in [2.45, 2.75) is 75.8 Å². The van der Waals surface area contributed by atoms with Crippen molar-refractivity contribution >= 4 is 68.6 Å². The summed E-state index contributed by atoms with van der Waals surface area (Å²) in [4.78, 5) is 14.2. The van der Waals surface area contributed by atoms with Crippen molar-refractivity contribution in [2.75, 3.05) is 78.2 Å². The number of ether oxygens (including phenoxy) is 2. The second kappa shape index (κ2) is 27.1. The monoisotopic (exact) mass is 990 g/mol. The van der Waals surface area contributed by atoms with Gasteiger partial charge in [0.05, 0.1) is 11.5 Å². The van der Waals surface area contributed by atoms with E-state index >= 15 is 0 Å². The van der Waals surface area contributed by atoms with E-state index in [2.05, 4.69) is 13.8 Å². The Hall–Kier alpha value is -1.46. The Morgan fingerprint density at radius 3 is 1.41 bits per heavy atom. The molecule has 2 atom stereocenters. The van der Waals surface area contributed by atoms with Gasteiger partial charge in [-0.3, -0.25) is 9.11 Å². The van der Waals surface area contributed by atoms with Gasteiger partial charge in [0, 0.05) is 44.8 Å². The van der Waals surface area contributed by atoms with Crippen LogP contribution >= 0.6 is 0 Å². The van der Waals surface area contributed by atoms with Crippen LogP contribution < -0.4 is 9.47 Å². The second-order valence-corrected chi connectivity index (χ2v) is 28.1. The molecule has 352 valence electrons. The Kier molecular flexibility index (Phi) is 24.8. The molecule has 25 heteroatoms. The summed E-state index contributed by atoms with van der Waals surface area (Å²) in [7, 11) is -11.1. The van der Waals surface area contributed by atoms with E-state index in [0.717, 1.165) is 11.1 Å². The normalized spacial score (nSPS) is 15.2. The quantitative estimate of drug-likeness (QED) is 0.0432. The molecule has 2 aromatic rings. The highest BCUT2D eigenvalue weighted by atomic mass is 32.2. The fraction of sp³-hybridized carbons (Fsp3) is 0.667. The average molecular weight is 992 g/mol. The number of hydrogen-bond acceptors (Lipinski definition) is 16. The maximum Gasteiger partial charge on any atom is 0.497 e. The van der Waals surface area contributed by atoms with E-state index < -0.39 is 71.0 Å². The summed E-state index contributed by atoms with van der Waals surface area (Å²) in [5.74, 6) is 0.359. The van der Waals surface area contributed by atoms with E-state index in [9.17, 15) is 36.4 Å². The van der Waals surface area contributed by atoms with Gasteiger partial charge in [-0.2, -0.15) is 16.8 Å². The van der Waals surface area contributed by atoms with E-state index in [1.807, 2.05) is 64.9 Å². The highest BCUT2D eigenvalue weighted by molar-refractivity contribution is 7.86. The van der Waals surface area contributed by atoms with Crippen LogP contribution in [-0.4, -0.2) is 190 Å². The molecule has 0 spiro atoms. The van der Waals surface area contributed by atoms with Crippen LogP contribution in [0.5, 0.6) is 11.5 Å². The first-order valence-corrected chi connectivity index (χ1v) is 31.1. The summed E-state index contributed by atoms with van der Waals surface area (Å²) in [6.45, 7) is 8.28. The summed E-state index contributed by atoms with van der Waals surface area (Å²) in [6, 6.07) is 16.1. The number of benzene rings is 2. The molecule has 0 amide bonds. The molecule has 18 nitrogen and oxygen atoms in total. The topological polar surface area (TPSA) is 241 Å². The second-order valence-electron chi connectivity index (χ2n) is 15.3. The summed E-state index contributed by atoms with van der Waals surface area (Å²) in [5.41, 5.74) is 1.64. The van der Waals surface area contributed by atoms with Crippen molar-refractivity contribution < 1.29 is 71.6 Å². The highest BCUT2D eigenvalue weighted by Crippen LogP contribution is 2.33. The number of hydrogen-bond donors (Lipinski definition) is 5.